The summed E-state index contributed by atoms with van der Waals surface area (Å²) >= 11 is 0. The summed E-state index contributed by atoms with van der Waals surface area (Å²) in [6.07, 6.45) is 0. The van der Waals surface area contributed by atoms with Crippen LogP contribution in [-0.2, 0) is 22.3 Å². The summed E-state index contributed by atoms with van der Waals surface area (Å²) in [5, 5.41) is 0. The van der Waals surface area contributed by atoms with Crippen molar-refractivity contribution in [2.75, 3.05) is 14.1 Å². The molecule has 2 aromatic rings. The van der Waals surface area contributed by atoms with Gasteiger partial charge < -0.3 is 9.05 Å². The van der Waals surface area contributed by atoms with E-state index in [0.29, 0.717) is 13.2 Å². The van der Waals surface area contributed by atoms with Gasteiger partial charge in [0.25, 0.3) is 8.53 Å². The molecule has 0 spiro atoms. The van der Waals surface area contributed by atoms with Gasteiger partial charge in [0.1, 0.15) is 0 Å². The largest absolute Gasteiger partial charge is 0.317 e. The lowest BCUT2D eigenvalue weighted by Crippen LogP contribution is -2.09. The number of nitrogens with zero attached hydrogens (tertiary/aromatic N) is 1. The van der Waals surface area contributed by atoms with E-state index in [-0.39, 0.29) is 0 Å². The normalized spacial score (nSPS) is 11.2. The third kappa shape index (κ3) is 5.03. The molecule has 3 nitrogen and oxygen atoms in total. The van der Waals surface area contributed by atoms with E-state index in [9.17, 15) is 0 Å². The fraction of sp³-hybridized carbons (Fsp3) is 0.250. The Morgan fingerprint density at radius 3 is 1.50 bits per heavy atom. The van der Waals surface area contributed by atoms with Crippen LogP contribution in [0.1, 0.15) is 11.1 Å². The van der Waals surface area contributed by atoms with Gasteiger partial charge in [0.05, 0.1) is 13.2 Å². The standard InChI is InChI=1S/C16H20NO2P/c1-17(2)20(18-13-15-9-5-3-6-10-15)19-14-16-11-7-4-8-12-16/h3-12H,13-14H2,1-2H3. The molecule has 106 valence electrons. The van der Waals surface area contributed by atoms with Gasteiger partial charge in [0.15, 0.2) is 0 Å². The summed E-state index contributed by atoms with van der Waals surface area (Å²) in [4.78, 5) is 0. The summed E-state index contributed by atoms with van der Waals surface area (Å²) in [7, 11) is 2.91. The van der Waals surface area contributed by atoms with Crippen LogP contribution in [-0.4, -0.2) is 18.8 Å². The molecule has 0 aliphatic rings. The van der Waals surface area contributed by atoms with Crippen LogP contribution in [0, 0.1) is 0 Å². The van der Waals surface area contributed by atoms with Crippen LogP contribution in [0.5, 0.6) is 0 Å². The first-order valence-electron chi connectivity index (χ1n) is 6.57. The maximum Gasteiger partial charge on any atom is 0.258 e. The van der Waals surface area contributed by atoms with Gasteiger partial charge in [-0.2, -0.15) is 0 Å². The maximum absolute atomic E-state index is 5.88. The molecule has 0 saturated heterocycles. The van der Waals surface area contributed by atoms with Crippen LogP contribution in [0.3, 0.4) is 0 Å². The predicted octanol–water partition coefficient (Wildman–Crippen LogP) is 4.21. The smallest absolute Gasteiger partial charge is 0.258 e. The second-order valence-electron chi connectivity index (χ2n) is 4.60. The maximum atomic E-state index is 5.88. The molecule has 0 aliphatic heterocycles. The summed E-state index contributed by atoms with van der Waals surface area (Å²) < 4.78 is 13.7. The Morgan fingerprint density at radius 2 is 1.15 bits per heavy atom. The van der Waals surface area contributed by atoms with Gasteiger partial charge in [0, 0.05) is 0 Å². The van der Waals surface area contributed by atoms with Crippen molar-refractivity contribution in [3.05, 3.63) is 71.8 Å². The van der Waals surface area contributed by atoms with E-state index < -0.39 is 8.53 Å². The van der Waals surface area contributed by atoms with Crippen molar-refractivity contribution >= 4 is 8.53 Å². The zero-order valence-corrected chi connectivity index (χ0v) is 12.8. The monoisotopic (exact) mass is 289 g/mol. The Kier molecular flexibility index (Phi) is 6.16. The van der Waals surface area contributed by atoms with Crippen LogP contribution in [0.25, 0.3) is 0 Å². The van der Waals surface area contributed by atoms with Gasteiger partial charge in [-0.3, -0.25) is 0 Å². The quantitative estimate of drug-likeness (QED) is 0.713. The minimum atomic E-state index is -1.03. The predicted molar refractivity (Wildman–Crippen MR) is 83.1 cm³/mol. The van der Waals surface area contributed by atoms with E-state index in [2.05, 4.69) is 24.3 Å². The van der Waals surface area contributed by atoms with Crippen molar-refractivity contribution in [1.29, 1.82) is 0 Å². The van der Waals surface area contributed by atoms with Crippen LogP contribution < -0.4 is 0 Å². The third-order valence-electron chi connectivity index (χ3n) is 2.70. The van der Waals surface area contributed by atoms with Gasteiger partial charge in [-0.1, -0.05) is 60.7 Å². The summed E-state index contributed by atoms with van der Waals surface area (Å²) in [6, 6.07) is 20.3. The molecule has 0 aromatic heterocycles. The highest BCUT2D eigenvalue weighted by molar-refractivity contribution is 7.44. The highest BCUT2D eigenvalue weighted by atomic mass is 31.2. The SMILES string of the molecule is CN(C)P(OCc1ccccc1)OCc1ccccc1. The first-order chi connectivity index (χ1) is 9.75. The van der Waals surface area contributed by atoms with Gasteiger partial charge in [0.2, 0.25) is 0 Å². The highest BCUT2D eigenvalue weighted by Gasteiger charge is 2.14. The second-order valence-corrected chi connectivity index (χ2v) is 6.40. The molecule has 0 heterocycles. The summed E-state index contributed by atoms with van der Waals surface area (Å²) in [5.41, 5.74) is 2.32. The van der Waals surface area contributed by atoms with E-state index >= 15 is 0 Å². The van der Waals surface area contributed by atoms with E-state index in [1.807, 2.05) is 55.2 Å². The van der Waals surface area contributed by atoms with Gasteiger partial charge in [-0.05, 0) is 25.2 Å². The molecule has 2 aromatic carbocycles. The molecule has 0 aliphatic carbocycles. The van der Waals surface area contributed by atoms with Gasteiger partial charge in [-0.25, -0.2) is 4.67 Å². The topological polar surface area (TPSA) is 21.7 Å². The molecule has 0 bridgehead atoms. The van der Waals surface area contributed by atoms with Crippen molar-refractivity contribution in [3.8, 4) is 0 Å². The minimum Gasteiger partial charge on any atom is -0.317 e. The van der Waals surface area contributed by atoms with E-state index in [1.165, 1.54) is 0 Å². The van der Waals surface area contributed by atoms with Crippen LogP contribution >= 0.6 is 8.53 Å². The Hall–Kier alpha value is -1.25. The first-order valence-corrected chi connectivity index (χ1v) is 7.70. The molecule has 0 radical (unpaired) electrons. The zero-order chi connectivity index (χ0) is 14.2. The Bertz CT molecular complexity index is 447. The molecule has 0 unspecified atom stereocenters. The Morgan fingerprint density at radius 1 is 0.750 bits per heavy atom. The molecular weight excluding hydrogens is 269 g/mol. The summed E-state index contributed by atoms with van der Waals surface area (Å²) in [6.45, 7) is 1.14. The van der Waals surface area contributed by atoms with Crippen molar-refractivity contribution in [2.24, 2.45) is 0 Å². The fourth-order valence-electron chi connectivity index (χ4n) is 1.68. The number of hydrogen-bond acceptors (Lipinski definition) is 3. The van der Waals surface area contributed by atoms with E-state index in [4.69, 9.17) is 9.05 Å². The minimum absolute atomic E-state index is 0.569. The van der Waals surface area contributed by atoms with Crippen molar-refractivity contribution < 1.29 is 9.05 Å². The lowest BCUT2D eigenvalue weighted by Gasteiger charge is -2.22. The first kappa shape index (κ1) is 15.1. The van der Waals surface area contributed by atoms with Crippen LogP contribution in [0.4, 0.5) is 0 Å². The molecule has 20 heavy (non-hydrogen) atoms. The molecule has 0 amide bonds. The van der Waals surface area contributed by atoms with Crippen molar-refractivity contribution in [3.63, 3.8) is 0 Å². The molecule has 0 N–H and O–H groups in total. The Labute approximate surface area is 122 Å². The lowest BCUT2D eigenvalue weighted by atomic mass is 10.2. The molecule has 0 atom stereocenters. The summed E-state index contributed by atoms with van der Waals surface area (Å²) in [5.74, 6) is 0. The number of benzene rings is 2. The number of rotatable bonds is 7. The Balaban J connectivity index is 1.84. The molecule has 2 rings (SSSR count). The molecule has 0 fully saturated rings. The average Bonchev–Trinajstić information content (AvgIpc) is 2.49. The zero-order valence-electron chi connectivity index (χ0n) is 11.9. The van der Waals surface area contributed by atoms with E-state index in [1.54, 1.807) is 0 Å². The van der Waals surface area contributed by atoms with Crippen LogP contribution in [0.15, 0.2) is 60.7 Å². The number of hydrogen-bond donors (Lipinski definition) is 0. The van der Waals surface area contributed by atoms with Crippen LogP contribution in [0.2, 0.25) is 0 Å². The molecular formula is C16H20NO2P. The van der Waals surface area contributed by atoms with Gasteiger partial charge >= 0.3 is 0 Å². The molecule has 4 heteroatoms. The van der Waals surface area contributed by atoms with Crippen molar-refractivity contribution in [1.82, 2.24) is 4.67 Å². The third-order valence-corrected chi connectivity index (χ3v) is 4.05. The average molecular weight is 289 g/mol. The lowest BCUT2D eigenvalue weighted by molar-refractivity contribution is 0.207. The molecule has 0 saturated carbocycles. The van der Waals surface area contributed by atoms with Gasteiger partial charge in [-0.15, -0.1) is 0 Å². The van der Waals surface area contributed by atoms with E-state index in [0.717, 1.165) is 11.1 Å². The highest BCUT2D eigenvalue weighted by Crippen LogP contribution is 2.42. The fourth-order valence-corrected chi connectivity index (χ4v) is 2.73. The van der Waals surface area contributed by atoms with Crippen molar-refractivity contribution in [2.45, 2.75) is 13.2 Å². The second kappa shape index (κ2) is 8.13.